The number of nitrogens with zero attached hydrogens (tertiary/aromatic N) is 2. The molecule has 0 amide bonds. The summed E-state index contributed by atoms with van der Waals surface area (Å²) in [7, 11) is -2.88. The number of imidazole rings is 1. The second-order valence-electron chi connectivity index (χ2n) is 14.3. The van der Waals surface area contributed by atoms with Crippen molar-refractivity contribution >= 4 is 61.8 Å². The number of benzene rings is 8. The number of hydrogen-bond acceptors (Lipinski definition) is 3. The lowest BCUT2D eigenvalue weighted by molar-refractivity contribution is 0.265. The van der Waals surface area contributed by atoms with E-state index in [9.17, 15) is 0 Å². The zero-order valence-electron chi connectivity index (χ0n) is 29.9. The van der Waals surface area contributed by atoms with Gasteiger partial charge in [-0.05, 0) is 79.4 Å². The smallest absolute Gasteiger partial charge is 0.302 e. The molecule has 0 N–H and O–H groups in total. The van der Waals surface area contributed by atoms with Crippen molar-refractivity contribution in [2.24, 2.45) is 0 Å². The molecule has 0 saturated carbocycles. The van der Waals surface area contributed by atoms with Crippen LogP contribution in [0.25, 0.3) is 60.9 Å². The Kier molecular flexibility index (Phi) is 7.22. The van der Waals surface area contributed by atoms with Gasteiger partial charge in [-0.2, -0.15) is 4.98 Å². The van der Waals surface area contributed by atoms with Crippen molar-refractivity contribution in [3.8, 4) is 34.0 Å². The minimum Gasteiger partial charge on any atom is -0.459 e. The maximum absolute atomic E-state index is 6.20. The molecule has 2 aromatic heterocycles. The maximum atomic E-state index is 6.20. The van der Waals surface area contributed by atoms with Crippen molar-refractivity contribution in [2.75, 3.05) is 0 Å². The topological polar surface area (TPSA) is 40.2 Å². The summed E-state index contributed by atoms with van der Waals surface area (Å²) in [4.78, 5) is 4.87. The van der Waals surface area contributed by atoms with Crippen LogP contribution in [0.15, 0.2) is 199 Å². The van der Waals surface area contributed by atoms with Gasteiger partial charge in [0.25, 0.3) is 0 Å². The van der Waals surface area contributed by atoms with Crippen LogP contribution in [0.5, 0.6) is 6.01 Å². The van der Waals surface area contributed by atoms with Crippen molar-refractivity contribution in [2.45, 2.75) is 6.61 Å². The molecule has 0 atom stereocenters. The van der Waals surface area contributed by atoms with Gasteiger partial charge in [-0.1, -0.05) is 158 Å². The highest BCUT2D eigenvalue weighted by Gasteiger charge is 2.41. The highest BCUT2D eigenvalue weighted by atomic mass is 28.3. The summed E-state index contributed by atoms with van der Waals surface area (Å²) in [6.07, 6.45) is 0. The number of hydrogen-bond donors (Lipinski definition) is 0. The van der Waals surface area contributed by atoms with E-state index in [2.05, 4.69) is 187 Å². The molecule has 1 aliphatic rings. The largest absolute Gasteiger partial charge is 0.459 e. The highest BCUT2D eigenvalue weighted by Crippen LogP contribution is 2.35. The molecule has 3 heterocycles. The average Bonchev–Trinajstić information content (AvgIpc) is 3.83. The Morgan fingerprint density at radius 1 is 0.455 bits per heavy atom. The molecule has 0 spiro atoms. The van der Waals surface area contributed by atoms with Crippen molar-refractivity contribution in [3.05, 3.63) is 200 Å². The Labute approximate surface area is 319 Å². The summed E-state index contributed by atoms with van der Waals surface area (Å²) in [6, 6.07) is 71.3. The van der Waals surface area contributed by atoms with Crippen LogP contribution in [0.1, 0.15) is 5.56 Å². The highest BCUT2D eigenvalue weighted by molar-refractivity contribution is 7.20. The number of para-hydroxylation sites is 2. The van der Waals surface area contributed by atoms with Gasteiger partial charge in [0.15, 0.2) is 8.07 Å². The first-order valence-electron chi connectivity index (χ1n) is 18.7. The molecular weight excluding hydrogens is 689 g/mol. The SMILES string of the molecule is c1ccc([Si](c2ccccc2)(c2cccc(-c3ccc4oc5ccccc5c4c3)c2)c2cccc(-c3ccc4nc5n(c4c3)-c3ccccc3CO5)c2)cc1. The van der Waals surface area contributed by atoms with E-state index in [1.807, 2.05) is 12.1 Å². The fraction of sp³-hybridized carbons (Fsp3) is 0.0200. The van der Waals surface area contributed by atoms with Crippen LogP contribution in [-0.4, -0.2) is 17.6 Å². The van der Waals surface area contributed by atoms with Gasteiger partial charge in [0.1, 0.15) is 17.8 Å². The molecule has 0 saturated heterocycles. The number of fused-ring (bicyclic) bond motifs is 8. The molecule has 260 valence electrons. The Morgan fingerprint density at radius 3 is 1.78 bits per heavy atom. The van der Waals surface area contributed by atoms with Crippen LogP contribution in [0.3, 0.4) is 0 Å². The minimum atomic E-state index is -2.88. The van der Waals surface area contributed by atoms with E-state index in [1.165, 1.54) is 31.9 Å². The predicted molar refractivity (Wildman–Crippen MR) is 227 cm³/mol. The van der Waals surface area contributed by atoms with Crippen molar-refractivity contribution in [1.82, 2.24) is 9.55 Å². The second kappa shape index (κ2) is 12.6. The van der Waals surface area contributed by atoms with Crippen LogP contribution >= 0.6 is 0 Å². The van der Waals surface area contributed by atoms with Crippen LogP contribution in [-0.2, 0) is 6.61 Å². The van der Waals surface area contributed by atoms with Crippen molar-refractivity contribution in [1.29, 1.82) is 0 Å². The predicted octanol–water partition coefficient (Wildman–Crippen LogP) is 9.53. The molecule has 0 radical (unpaired) electrons. The maximum Gasteiger partial charge on any atom is 0.302 e. The zero-order valence-corrected chi connectivity index (χ0v) is 30.9. The Morgan fingerprint density at radius 2 is 1.04 bits per heavy atom. The molecule has 8 aromatic carbocycles. The van der Waals surface area contributed by atoms with Crippen LogP contribution < -0.4 is 25.5 Å². The van der Waals surface area contributed by atoms with E-state index in [0.29, 0.717) is 12.6 Å². The van der Waals surface area contributed by atoms with E-state index in [1.54, 1.807) is 0 Å². The summed E-state index contributed by atoms with van der Waals surface area (Å²) in [5, 5.41) is 7.58. The van der Waals surface area contributed by atoms with Gasteiger partial charge in [0.2, 0.25) is 0 Å². The van der Waals surface area contributed by atoms with E-state index < -0.39 is 8.07 Å². The summed E-state index contributed by atoms with van der Waals surface area (Å²) in [6.45, 7) is 0.524. The van der Waals surface area contributed by atoms with Crippen LogP contribution in [0.4, 0.5) is 0 Å². The Balaban J connectivity index is 1.11. The van der Waals surface area contributed by atoms with Crippen LogP contribution in [0.2, 0.25) is 0 Å². The Bertz CT molecular complexity index is 3020. The van der Waals surface area contributed by atoms with Gasteiger partial charge in [-0.25, -0.2) is 0 Å². The number of furan rings is 1. The molecule has 55 heavy (non-hydrogen) atoms. The van der Waals surface area contributed by atoms with E-state index in [-0.39, 0.29) is 0 Å². The first kappa shape index (κ1) is 31.6. The van der Waals surface area contributed by atoms with Gasteiger partial charge in [-0.15, -0.1) is 0 Å². The molecule has 11 rings (SSSR count). The molecule has 0 bridgehead atoms. The molecule has 5 heteroatoms. The molecule has 4 nitrogen and oxygen atoms in total. The van der Waals surface area contributed by atoms with Gasteiger partial charge in [0.05, 0.1) is 16.7 Å². The number of ether oxygens (including phenoxy) is 1. The number of rotatable bonds is 6. The molecule has 0 aliphatic carbocycles. The first-order valence-corrected chi connectivity index (χ1v) is 20.7. The quantitative estimate of drug-likeness (QED) is 0.127. The Hall–Kier alpha value is -6.95. The third kappa shape index (κ3) is 5.01. The summed E-state index contributed by atoms with van der Waals surface area (Å²) in [5.41, 5.74) is 10.7. The monoisotopic (exact) mass is 722 g/mol. The normalized spacial score (nSPS) is 12.4. The minimum absolute atomic E-state index is 0.524. The third-order valence-electron chi connectivity index (χ3n) is 11.3. The van der Waals surface area contributed by atoms with E-state index >= 15 is 0 Å². The lowest BCUT2D eigenvalue weighted by Gasteiger charge is -2.35. The van der Waals surface area contributed by atoms with Crippen LogP contribution in [0, 0.1) is 0 Å². The fourth-order valence-electron chi connectivity index (χ4n) is 8.70. The van der Waals surface area contributed by atoms with Gasteiger partial charge in [-0.3, -0.25) is 4.57 Å². The lowest BCUT2D eigenvalue weighted by Crippen LogP contribution is -2.74. The third-order valence-corrected chi connectivity index (χ3v) is 16.0. The van der Waals surface area contributed by atoms with E-state index in [0.717, 1.165) is 55.3 Å². The van der Waals surface area contributed by atoms with Gasteiger partial charge >= 0.3 is 6.01 Å². The fourth-order valence-corrected chi connectivity index (χ4v) is 13.5. The molecule has 10 aromatic rings. The molecule has 0 fully saturated rings. The van der Waals surface area contributed by atoms with Crippen molar-refractivity contribution < 1.29 is 9.15 Å². The van der Waals surface area contributed by atoms with Crippen molar-refractivity contribution in [3.63, 3.8) is 0 Å². The standard InChI is InChI=1S/C50H34N2O2Si/c1-3-16-39(17-4-1)55(40-18-5-2-6-19-40,41-20-11-14-34(29-41)36-26-28-49-44(31-36)43-22-8-10-24-48(43)54-49)42-21-12-15-35(30-42)37-25-27-45-47(32-37)52-46-23-9-7-13-38(46)33-53-50(52)51-45/h1-32H,33H2. The lowest BCUT2D eigenvalue weighted by atomic mass is 10.0. The molecule has 0 unspecified atom stereocenters. The zero-order chi connectivity index (χ0) is 36.3. The molecular formula is C50H34N2O2Si. The van der Waals surface area contributed by atoms with Gasteiger partial charge < -0.3 is 9.15 Å². The van der Waals surface area contributed by atoms with E-state index in [4.69, 9.17) is 14.1 Å². The summed E-state index contributed by atoms with van der Waals surface area (Å²) >= 11 is 0. The molecule has 1 aliphatic heterocycles. The summed E-state index contributed by atoms with van der Waals surface area (Å²) < 4.78 is 14.5. The second-order valence-corrected chi connectivity index (χ2v) is 18.1. The summed E-state index contributed by atoms with van der Waals surface area (Å²) in [5.74, 6) is 0. The number of aromatic nitrogens is 2. The average molecular weight is 723 g/mol. The van der Waals surface area contributed by atoms with Gasteiger partial charge in [0, 0.05) is 16.3 Å². The first-order chi connectivity index (χ1) is 27.2.